The molecule has 2 heterocycles. The molecule has 3 heteroatoms. The highest BCUT2D eigenvalue weighted by Crippen LogP contribution is 2.19. The number of hydrogen-bond donors (Lipinski definition) is 1. The van der Waals surface area contributed by atoms with Crippen molar-refractivity contribution in [1.29, 1.82) is 0 Å². The molecule has 0 amide bonds. The van der Waals surface area contributed by atoms with E-state index in [0.717, 1.165) is 19.0 Å². The fourth-order valence-electron chi connectivity index (χ4n) is 2.38. The molecule has 0 aromatic heterocycles. The van der Waals surface area contributed by atoms with Crippen molar-refractivity contribution in [3.63, 3.8) is 0 Å². The second-order valence-electron chi connectivity index (χ2n) is 4.30. The Labute approximate surface area is 80.9 Å². The normalized spacial score (nSPS) is 26.5. The molecule has 0 radical (unpaired) electrons. The van der Waals surface area contributed by atoms with Crippen molar-refractivity contribution in [2.24, 2.45) is 5.73 Å². The quantitative estimate of drug-likeness (QED) is 0.672. The van der Waals surface area contributed by atoms with Crippen LogP contribution in [-0.2, 0) is 0 Å². The van der Waals surface area contributed by atoms with Crippen LogP contribution in [0, 0.1) is 0 Å². The zero-order valence-electron chi connectivity index (χ0n) is 8.41. The Morgan fingerprint density at radius 2 is 1.85 bits per heavy atom. The zero-order chi connectivity index (χ0) is 9.10. The Kier molecular flexibility index (Phi) is 3.19. The molecule has 0 aliphatic carbocycles. The summed E-state index contributed by atoms with van der Waals surface area (Å²) in [6, 6.07) is 0.875. The van der Waals surface area contributed by atoms with Crippen LogP contribution in [0.3, 0.4) is 0 Å². The first kappa shape index (κ1) is 9.44. The van der Waals surface area contributed by atoms with Gasteiger partial charge >= 0.3 is 0 Å². The average Bonchev–Trinajstić information content (AvgIpc) is 2.54. The molecular formula is C10H21N3. The van der Waals surface area contributed by atoms with Gasteiger partial charge in [-0.3, -0.25) is 4.90 Å². The van der Waals surface area contributed by atoms with E-state index in [0.29, 0.717) is 0 Å². The predicted molar refractivity (Wildman–Crippen MR) is 54.7 cm³/mol. The van der Waals surface area contributed by atoms with E-state index in [1.165, 1.54) is 45.6 Å². The molecule has 2 fully saturated rings. The molecule has 2 aliphatic rings. The van der Waals surface area contributed by atoms with Gasteiger partial charge in [0.05, 0.1) is 0 Å². The second-order valence-corrected chi connectivity index (χ2v) is 4.30. The van der Waals surface area contributed by atoms with Crippen LogP contribution in [0.1, 0.15) is 19.3 Å². The summed E-state index contributed by atoms with van der Waals surface area (Å²) in [6.45, 7) is 7.32. The molecule has 2 rings (SSSR count). The van der Waals surface area contributed by atoms with Crippen LogP contribution in [0.5, 0.6) is 0 Å². The SMILES string of the molecule is NCCCN1CC(N2CCCC2)C1. The van der Waals surface area contributed by atoms with E-state index in [-0.39, 0.29) is 0 Å². The van der Waals surface area contributed by atoms with Crippen LogP contribution < -0.4 is 5.73 Å². The minimum atomic E-state index is 0.838. The molecular weight excluding hydrogens is 162 g/mol. The lowest BCUT2D eigenvalue weighted by Crippen LogP contribution is -2.58. The van der Waals surface area contributed by atoms with Gasteiger partial charge in [0.15, 0.2) is 0 Å². The van der Waals surface area contributed by atoms with Gasteiger partial charge in [0, 0.05) is 19.1 Å². The van der Waals surface area contributed by atoms with Gasteiger partial charge in [-0.1, -0.05) is 0 Å². The van der Waals surface area contributed by atoms with Crippen LogP contribution in [-0.4, -0.2) is 55.1 Å². The first-order valence-corrected chi connectivity index (χ1v) is 5.56. The van der Waals surface area contributed by atoms with Crippen molar-refractivity contribution in [2.45, 2.75) is 25.3 Å². The molecule has 0 aromatic carbocycles. The molecule has 13 heavy (non-hydrogen) atoms. The van der Waals surface area contributed by atoms with Gasteiger partial charge < -0.3 is 10.6 Å². The van der Waals surface area contributed by atoms with Crippen LogP contribution >= 0.6 is 0 Å². The molecule has 0 saturated carbocycles. The van der Waals surface area contributed by atoms with Gasteiger partial charge in [0.1, 0.15) is 0 Å². The summed E-state index contributed by atoms with van der Waals surface area (Å²) >= 11 is 0. The van der Waals surface area contributed by atoms with E-state index in [4.69, 9.17) is 5.73 Å². The van der Waals surface area contributed by atoms with Crippen LogP contribution in [0.4, 0.5) is 0 Å². The largest absolute Gasteiger partial charge is 0.330 e. The van der Waals surface area contributed by atoms with E-state index in [9.17, 15) is 0 Å². The van der Waals surface area contributed by atoms with Gasteiger partial charge in [0.2, 0.25) is 0 Å². The first-order valence-electron chi connectivity index (χ1n) is 5.56. The van der Waals surface area contributed by atoms with E-state index in [1.807, 2.05) is 0 Å². The lowest BCUT2D eigenvalue weighted by atomic mass is 10.1. The number of nitrogens with two attached hydrogens (primary N) is 1. The third kappa shape index (κ3) is 2.22. The Balaban J connectivity index is 1.60. The number of likely N-dealkylation sites (tertiary alicyclic amines) is 2. The summed E-state index contributed by atoms with van der Waals surface area (Å²) in [6.07, 6.45) is 3.99. The molecule has 2 saturated heterocycles. The molecule has 2 N–H and O–H groups in total. The Morgan fingerprint density at radius 3 is 2.46 bits per heavy atom. The highest BCUT2D eigenvalue weighted by Gasteiger charge is 2.32. The maximum Gasteiger partial charge on any atom is 0.0350 e. The molecule has 0 unspecified atom stereocenters. The highest BCUT2D eigenvalue weighted by molar-refractivity contribution is 4.89. The molecule has 0 bridgehead atoms. The molecule has 2 aliphatic heterocycles. The van der Waals surface area contributed by atoms with Crippen LogP contribution in [0.15, 0.2) is 0 Å². The Bertz CT molecular complexity index is 148. The maximum atomic E-state index is 5.48. The summed E-state index contributed by atoms with van der Waals surface area (Å²) in [5.74, 6) is 0. The van der Waals surface area contributed by atoms with Gasteiger partial charge in [-0.05, 0) is 45.4 Å². The molecule has 76 valence electrons. The van der Waals surface area contributed by atoms with Crippen molar-refractivity contribution in [1.82, 2.24) is 9.80 Å². The fraction of sp³-hybridized carbons (Fsp3) is 1.00. The standard InChI is InChI=1S/C10H21N3/c11-4-3-5-12-8-10(9-12)13-6-1-2-7-13/h10H,1-9,11H2. The summed E-state index contributed by atoms with van der Waals surface area (Å²) in [5.41, 5.74) is 5.48. The summed E-state index contributed by atoms with van der Waals surface area (Å²) in [7, 11) is 0. The topological polar surface area (TPSA) is 32.5 Å². The Morgan fingerprint density at radius 1 is 1.15 bits per heavy atom. The van der Waals surface area contributed by atoms with Gasteiger partial charge in [-0.25, -0.2) is 0 Å². The number of nitrogens with zero attached hydrogens (tertiary/aromatic N) is 2. The maximum absolute atomic E-state index is 5.48. The third-order valence-electron chi connectivity index (χ3n) is 3.27. The number of rotatable bonds is 4. The summed E-state index contributed by atoms with van der Waals surface area (Å²) < 4.78 is 0. The van der Waals surface area contributed by atoms with Crippen molar-refractivity contribution >= 4 is 0 Å². The first-order chi connectivity index (χ1) is 6.40. The number of hydrogen-bond acceptors (Lipinski definition) is 3. The van der Waals surface area contributed by atoms with Gasteiger partial charge in [-0.15, -0.1) is 0 Å². The highest BCUT2D eigenvalue weighted by atomic mass is 15.3. The molecule has 0 atom stereocenters. The van der Waals surface area contributed by atoms with Crippen LogP contribution in [0.25, 0.3) is 0 Å². The third-order valence-corrected chi connectivity index (χ3v) is 3.27. The van der Waals surface area contributed by atoms with Crippen molar-refractivity contribution < 1.29 is 0 Å². The van der Waals surface area contributed by atoms with E-state index in [1.54, 1.807) is 0 Å². The molecule has 0 aromatic rings. The zero-order valence-corrected chi connectivity index (χ0v) is 8.41. The fourth-order valence-corrected chi connectivity index (χ4v) is 2.38. The summed E-state index contributed by atoms with van der Waals surface area (Å²) in [4.78, 5) is 5.18. The lowest BCUT2D eigenvalue weighted by molar-refractivity contribution is 0.0479. The molecule has 0 spiro atoms. The van der Waals surface area contributed by atoms with Gasteiger partial charge in [0.25, 0.3) is 0 Å². The van der Waals surface area contributed by atoms with Crippen LogP contribution in [0.2, 0.25) is 0 Å². The van der Waals surface area contributed by atoms with Crippen molar-refractivity contribution in [3.8, 4) is 0 Å². The lowest BCUT2D eigenvalue weighted by Gasteiger charge is -2.44. The second kappa shape index (κ2) is 4.40. The Hall–Kier alpha value is -0.120. The average molecular weight is 183 g/mol. The van der Waals surface area contributed by atoms with E-state index >= 15 is 0 Å². The minimum absolute atomic E-state index is 0.838. The monoisotopic (exact) mass is 183 g/mol. The van der Waals surface area contributed by atoms with Crippen molar-refractivity contribution in [2.75, 3.05) is 39.3 Å². The predicted octanol–water partition coefficient (Wildman–Crippen LogP) is 0.115. The minimum Gasteiger partial charge on any atom is -0.330 e. The summed E-state index contributed by atoms with van der Waals surface area (Å²) in [5, 5.41) is 0. The van der Waals surface area contributed by atoms with E-state index in [2.05, 4.69) is 9.80 Å². The smallest absolute Gasteiger partial charge is 0.0350 e. The van der Waals surface area contributed by atoms with Crippen molar-refractivity contribution in [3.05, 3.63) is 0 Å². The molecule has 3 nitrogen and oxygen atoms in total. The van der Waals surface area contributed by atoms with E-state index < -0.39 is 0 Å². The van der Waals surface area contributed by atoms with Gasteiger partial charge in [-0.2, -0.15) is 0 Å².